The first-order chi connectivity index (χ1) is 5.37. The summed E-state index contributed by atoms with van der Waals surface area (Å²) in [7, 11) is 0. The van der Waals surface area contributed by atoms with E-state index >= 15 is 0 Å². The van der Waals surface area contributed by atoms with Crippen LogP contribution in [-0.2, 0) is 9.53 Å². The molecule has 70 valence electrons. The van der Waals surface area contributed by atoms with Crippen LogP contribution in [0.1, 0.15) is 40.5 Å². The molecule has 0 unspecified atom stereocenters. The Labute approximate surface area is 73.6 Å². The normalized spacial score (nSPS) is 11.0. The van der Waals surface area contributed by atoms with Gasteiger partial charge >= 0.3 is 5.97 Å². The van der Waals surface area contributed by atoms with Crippen molar-refractivity contribution in [2.24, 2.45) is 0 Å². The minimum absolute atomic E-state index is 0.0624. The largest absolute Gasteiger partial charge is 0.456 e. The van der Waals surface area contributed by atoms with Gasteiger partial charge in [0.2, 0.25) is 0 Å². The maximum atomic E-state index is 11.1. The van der Waals surface area contributed by atoms with Crippen molar-refractivity contribution in [3.05, 3.63) is 0 Å². The van der Waals surface area contributed by atoms with E-state index in [4.69, 9.17) is 10.1 Å². The van der Waals surface area contributed by atoms with Gasteiger partial charge in [0, 0.05) is 0 Å². The molecule has 0 spiro atoms. The number of hydrogen-bond donors (Lipinski definition) is 1. The SMILES string of the molecule is CCCC(=N)C(=O)OC(C)(C)C. The summed E-state index contributed by atoms with van der Waals surface area (Å²) in [6.07, 6.45) is 1.30. The molecule has 0 aliphatic rings. The third-order valence-corrected chi connectivity index (χ3v) is 1.15. The van der Waals surface area contributed by atoms with Crippen LogP contribution in [0.3, 0.4) is 0 Å². The van der Waals surface area contributed by atoms with Crippen molar-refractivity contribution in [1.82, 2.24) is 0 Å². The molecule has 0 aliphatic carbocycles. The van der Waals surface area contributed by atoms with Gasteiger partial charge in [-0.15, -0.1) is 0 Å². The van der Waals surface area contributed by atoms with Crippen molar-refractivity contribution in [1.29, 1.82) is 5.41 Å². The smallest absolute Gasteiger partial charge is 0.352 e. The quantitative estimate of drug-likeness (QED) is 0.522. The number of esters is 1. The highest BCUT2D eigenvalue weighted by molar-refractivity contribution is 6.35. The van der Waals surface area contributed by atoms with Crippen LogP contribution in [-0.4, -0.2) is 17.3 Å². The summed E-state index contributed by atoms with van der Waals surface area (Å²) in [6.45, 7) is 7.32. The molecule has 0 aromatic heterocycles. The van der Waals surface area contributed by atoms with E-state index < -0.39 is 11.6 Å². The van der Waals surface area contributed by atoms with Crippen LogP contribution >= 0.6 is 0 Å². The van der Waals surface area contributed by atoms with Gasteiger partial charge in [-0.05, 0) is 27.2 Å². The van der Waals surface area contributed by atoms with E-state index in [1.165, 1.54) is 0 Å². The van der Waals surface area contributed by atoms with E-state index in [0.29, 0.717) is 6.42 Å². The summed E-state index contributed by atoms with van der Waals surface area (Å²) < 4.78 is 4.99. The van der Waals surface area contributed by atoms with E-state index in [1.807, 2.05) is 6.92 Å². The summed E-state index contributed by atoms with van der Waals surface area (Å²) in [5, 5.41) is 7.30. The molecular weight excluding hydrogens is 154 g/mol. The highest BCUT2D eigenvalue weighted by atomic mass is 16.6. The maximum Gasteiger partial charge on any atom is 0.352 e. The molecule has 0 radical (unpaired) electrons. The molecule has 0 rings (SSSR count). The molecule has 12 heavy (non-hydrogen) atoms. The molecule has 0 amide bonds. The molecule has 0 atom stereocenters. The van der Waals surface area contributed by atoms with Crippen LogP contribution in [0.25, 0.3) is 0 Å². The first kappa shape index (κ1) is 11.1. The van der Waals surface area contributed by atoms with Gasteiger partial charge in [0.25, 0.3) is 0 Å². The number of carbonyl (C=O) groups is 1. The van der Waals surface area contributed by atoms with Crippen molar-refractivity contribution in [3.63, 3.8) is 0 Å². The minimum Gasteiger partial charge on any atom is -0.456 e. The molecule has 0 aliphatic heterocycles. The summed E-state index contributed by atoms with van der Waals surface area (Å²) in [4.78, 5) is 11.1. The van der Waals surface area contributed by atoms with Gasteiger partial charge in [-0.1, -0.05) is 13.3 Å². The maximum absolute atomic E-state index is 11.1. The first-order valence-corrected chi connectivity index (χ1v) is 4.17. The van der Waals surface area contributed by atoms with Gasteiger partial charge in [0.05, 0.1) is 0 Å². The third-order valence-electron chi connectivity index (χ3n) is 1.15. The number of ether oxygens (including phenoxy) is 1. The topological polar surface area (TPSA) is 50.2 Å². The standard InChI is InChI=1S/C9H17NO2/c1-5-6-7(10)8(11)12-9(2,3)4/h10H,5-6H2,1-4H3. The van der Waals surface area contributed by atoms with Gasteiger partial charge in [0.1, 0.15) is 11.3 Å². The molecular formula is C9H17NO2. The van der Waals surface area contributed by atoms with Crippen LogP contribution in [0.4, 0.5) is 0 Å². The molecule has 0 aromatic carbocycles. The second-order valence-electron chi connectivity index (χ2n) is 3.73. The van der Waals surface area contributed by atoms with Gasteiger partial charge in [-0.3, -0.25) is 5.41 Å². The number of carbonyl (C=O) groups excluding carboxylic acids is 1. The van der Waals surface area contributed by atoms with Crippen molar-refractivity contribution in [2.45, 2.75) is 46.1 Å². The summed E-state index contributed by atoms with van der Waals surface area (Å²) in [5.41, 5.74) is -0.427. The molecule has 0 saturated heterocycles. The lowest BCUT2D eigenvalue weighted by molar-refractivity contribution is -0.146. The van der Waals surface area contributed by atoms with E-state index in [9.17, 15) is 4.79 Å². The molecule has 0 aromatic rings. The zero-order chi connectivity index (χ0) is 9.78. The first-order valence-electron chi connectivity index (χ1n) is 4.17. The lowest BCUT2D eigenvalue weighted by Gasteiger charge is -2.19. The Balaban J connectivity index is 3.97. The molecule has 3 nitrogen and oxygen atoms in total. The lowest BCUT2D eigenvalue weighted by Crippen LogP contribution is -2.28. The Bertz CT molecular complexity index is 179. The number of rotatable bonds is 3. The van der Waals surface area contributed by atoms with Crippen molar-refractivity contribution >= 4 is 11.7 Å². The fraction of sp³-hybridized carbons (Fsp3) is 0.778. The predicted molar refractivity (Wildman–Crippen MR) is 48.5 cm³/mol. The van der Waals surface area contributed by atoms with Gasteiger partial charge < -0.3 is 4.74 Å². The van der Waals surface area contributed by atoms with Crippen LogP contribution in [0.2, 0.25) is 0 Å². The molecule has 3 heteroatoms. The molecule has 0 fully saturated rings. The summed E-state index contributed by atoms with van der Waals surface area (Å²) in [6, 6.07) is 0. The van der Waals surface area contributed by atoms with E-state index in [0.717, 1.165) is 6.42 Å². The highest BCUT2D eigenvalue weighted by Gasteiger charge is 2.18. The molecule has 0 saturated carbocycles. The zero-order valence-electron chi connectivity index (χ0n) is 8.23. The fourth-order valence-electron chi connectivity index (χ4n) is 0.692. The average molecular weight is 171 g/mol. The number of nitrogens with one attached hydrogen (secondary N) is 1. The second-order valence-corrected chi connectivity index (χ2v) is 3.73. The van der Waals surface area contributed by atoms with Crippen molar-refractivity contribution in [3.8, 4) is 0 Å². The van der Waals surface area contributed by atoms with Crippen LogP contribution in [0.15, 0.2) is 0 Å². The van der Waals surface area contributed by atoms with Crippen LogP contribution < -0.4 is 0 Å². The number of hydrogen-bond acceptors (Lipinski definition) is 3. The molecule has 0 heterocycles. The van der Waals surface area contributed by atoms with E-state index in [-0.39, 0.29) is 5.71 Å². The Kier molecular flexibility index (Phi) is 3.93. The van der Waals surface area contributed by atoms with Crippen LogP contribution in [0, 0.1) is 5.41 Å². The van der Waals surface area contributed by atoms with Gasteiger partial charge in [-0.25, -0.2) is 4.79 Å². The summed E-state index contributed by atoms with van der Waals surface area (Å²) in [5.74, 6) is -0.496. The monoisotopic (exact) mass is 171 g/mol. The molecule has 1 N–H and O–H groups in total. The fourth-order valence-corrected chi connectivity index (χ4v) is 0.692. The third kappa shape index (κ3) is 4.88. The summed E-state index contributed by atoms with van der Waals surface area (Å²) >= 11 is 0. The highest BCUT2D eigenvalue weighted by Crippen LogP contribution is 2.08. The predicted octanol–water partition coefficient (Wildman–Crippen LogP) is 2.15. The van der Waals surface area contributed by atoms with Crippen molar-refractivity contribution < 1.29 is 9.53 Å². The zero-order valence-corrected chi connectivity index (χ0v) is 8.23. The lowest BCUT2D eigenvalue weighted by atomic mass is 10.2. The van der Waals surface area contributed by atoms with Gasteiger partial charge in [0.15, 0.2) is 0 Å². The Morgan fingerprint density at radius 1 is 1.42 bits per heavy atom. The Morgan fingerprint density at radius 3 is 2.25 bits per heavy atom. The minimum atomic E-state index is -0.496. The Morgan fingerprint density at radius 2 is 1.92 bits per heavy atom. The average Bonchev–Trinajstić information content (AvgIpc) is 1.84. The van der Waals surface area contributed by atoms with E-state index in [2.05, 4.69) is 0 Å². The van der Waals surface area contributed by atoms with Crippen molar-refractivity contribution in [2.75, 3.05) is 0 Å². The van der Waals surface area contributed by atoms with E-state index in [1.54, 1.807) is 20.8 Å². The molecule has 0 bridgehead atoms. The van der Waals surface area contributed by atoms with Gasteiger partial charge in [-0.2, -0.15) is 0 Å². The Hall–Kier alpha value is -0.860. The second kappa shape index (κ2) is 4.24. The van der Waals surface area contributed by atoms with Crippen LogP contribution in [0.5, 0.6) is 0 Å².